The number of ether oxygens (including phenoxy) is 1. The molecule has 1 saturated heterocycles. The molecule has 0 saturated carbocycles. The van der Waals surface area contributed by atoms with Crippen molar-refractivity contribution in [1.82, 2.24) is 9.47 Å². The SMILES string of the molecule is CC1(CN2CCN(c3ccccc3)CC2)OCc2ccccc2-n2cccc21.Cl.Cl. The maximum atomic E-state index is 6.54. The predicted molar refractivity (Wildman–Crippen MR) is 128 cm³/mol. The average Bonchev–Trinajstić information content (AvgIpc) is 3.21. The first kappa shape index (κ1) is 22.7. The van der Waals surface area contributed by atoms with Crippen LogP contribution < -0.4 is 4.90 Å². The van der Waals surface area contributed by atoms with Crippen LogP contribution in [0.1, 0.15) is 18.2 Å². The van der Waals surface area contributed by atoms with Gasteiger partial charge in [-0.3, -0.25) is 4.90 Å². The second-order valence-corrected chi connectivity index (χ2v) is 8.01. The number of hydrogen-bond acceptors (Lipinski definition) is 3. The van der Waals surface area contributed by atoms with Crippen LogP contribution in [0, 0.1) is 0 Å². The second kappa shape index (κ2) is 9.44. The summed E-state index contributed by atoms with van der Waals surface area (Å²) in [4.78, 5) is 5.03. The predicted octanol–water partition coefficient (Wildman–Crippen LogP) is 4.89. The first-order valence-electron chi connectivity index (χ1n) is 10.2. The summed E-state index contributed by atoms with van der Waals surface area (Å²) in [5, 5.41) is 0. The zero-order chi connectivity index (χ0) is 19.0. The van der Waals surface area contributed by atoms with E-state index in [0.29, 0.717) is 6.61 Å². The molecule has 4 nitrogen and oxygen atoms in total. The highest BCUT2D eigenvalue weighted by atomic mass is 35.5. The van der Waals surface area contributed by atoms with Crippen LogP contribution in [0.5, 0.6) is 0 Å². The van der Waals surface area contributed by atoms with Crippen molar-refractivity contribution in [2.24, 2.45) is 0 Å². The number of halogens is 2. The van der Waals surface area contributed by atoms with E-state index >= 15 is 0 Å². The topological polar surface area (TPSA) is 20.6 Å². The minimum Gasteiger partial charge on any atom is -0.369 e. The number of benzene rings is 2. The van der Waals surface area contributed by atoms with Gasteiger partial charge in [0.15, 0.2) is 0 Å². The molecule has 2 aromatic carbocycles. The van der Waals surface area contributed by atoms with Gasteiger partial charge in [0.05, 0.1) is 18.0 Å². The number of nitrogens with zero attached hydrogens (tertiary/aromatic N) is 3. The highest BCUT2D eigenvalue weighted by molar-refractivity contribution is 5.85. The van der Waals surface area contributed by atoms with Gasteiger partial charge in [-0.25, -0.2) is 0 Å². The zero-order valence-electron chi connectivity index (χ0n) is 17.2. The number of rotatable bonds is 3. The Balaban J connectivity index is 0.00000128. The smallest absolute Gasteiger partial charge is 0.119 e. The number of anilines is 1. The Morgan fingerprint density at radius 2 is 1.53 bits per heavy atom. The quantitative estimate of drug-likeness (QED) is 0.572. The fourth-order valence-electron chi connectivity index (χ4n) is 4.56. The minimum absolute atomic E-state index is 0. The number of piperazine rings is 1. The van der Waals surface area contributed by atoms with Gasteiger partial charge in [-0.15, -0.1) is 24.8 Å². The van der Waals surface area contributed by atoms with Crippen molar-refractivity contribution in [3.8, 4) is 5.69 Å². The van der Waals surface area contributed by atoms with E-state index in [1.165, 1.54) is 22.6 Å². The highest BCUT2D eigenvalue weighted by Gasteiger charge is 2.36. The molecule has 1 unspecified atom stereocenters. The van der Waals surface area contributed by atoms with Gasteiger partial charge in [0.2, 0.25) is 0 Å². The van der Waals surface area contributed by atoms with Crippen molar-refractivity contribution in [2.75, 3.05) is 37.6 Å². The largest absolute Gasteiger partial charge is 0.369 e. The van der Waals surface area contributed by atoms with Gasteiger partial charge in [0.25, 0.3) is 0 Å². The van der Waals surface area contributed by atoms with E-state index in [9.17, 15) is 0 Å². The monoisotopic (exact) mass is 445 g/mol. The van der Waals surface area contributed by atoms with Crippen molar-refractivity contribution in [3.05, 3.63) is 84.2 Å². The fraction of sp³-hybridized carbons (Fsp3) is 0.333. The van der Waals surface area contributed by atoms with Crippen molar-refractivity contribution in [1.29, 1.82) is 0 Å². The van der Waals surface area contributed by atoms with Crippen molar-refractivity contribution in [3.63, 3.8) is 0 Å². The lowest BCUT2D eigenvalue weighted by molar-refractivity contribution is -0.0704. The first-order valence-corrected chi connectivity index (χ1v) is 10.2. The van der Waals surface area contributed by atoms with Crippen molar-refractivity contribution >= 4 is 30.5 Å². The molecule has 2 aliphatic rings. The molecule has 0 radical (unpaired) electrons. The summed E-state index contributed by atoms with van der Waals surface area (Å²) >= 11 is 0. The Morgan fingerprint density at radius 3 is 2.30 bits per heavy atom. The summed E-state index contributed by atoms with van der Waals surface area (Å²) in [5.41, 5.74) is 4.72. The second-order valence-electron chi connectivity index (χ2n) is 8.01. The van der Waals surface area contributed by atoms with Crippen LogP contribution in [0.3, 0.4) is 0 Å². The summed E-state index contributed by atoms with van der Waals surface area (Å²) in [6.45, 7) is 8.03. The molecule has 1 atom stereocenters. The number of para-hydroxylation sites is 2. The van der Waals surface area contributed by atoms with E-state index in [1.54, 1.807) is 0 Å². The lowest BCUT2D eigenvalue weighted by atomic mass is 10.0. The number of fused-ring (bicyclic) bond motifs is 3. The van der Waals surface area contributed by atoms with Gasteiger partial charge >= 0.3 is 0 Å². The number of hydrogen-bond donors (Lipinski definition) is 0. The summed E-state index contributed by atoms with van der Waals surface area (Å²) in [6.07, 6.45) is 2.16. The molecule has 0 N–H and O–H groups in total. The van der Waals surface area contributed by atoms with E-state index in [2.05, 4.69) is 94.2 Å². The highest BCUT2D eigenvalue weighted by Crippen LogP contribution is 2.35. The molecule has 0 bridgehead atoms. The summed E-state index contributed by atoms with van der Waals surface area (Å²) < 4.78 is 8.85. The molecule has 1 fully saturated rings. The minimum atomic E-state index is -0.322. The molecule has 5 rings (SSSR count). The van der Waals surface area contributed by atoms with E-state index in [4.69, 9.17) is 4.74 Å². The molecule has 6 heteroatoms. The molecule has 0 aliphatic carbocycles. The maximum absolute atomic E-state index is 6.54. The van der Waals surface area contributed by atoms with Crippen LogP contribution in [0.4, 0.5) is 5.69 Å². The Bertz CT molecular complexity index is 954. The third-order valence-electron chi connectivity index (χ3n) is 6.11. The molecular weight excluding hydrogens is 417 g/mol. The number of aromatic nitrogens is 1. The Hall–Kier alpha value is -1.98. The van der Waals surface area contributed by atoms with Gasteiger partial charge < -0.3 is 14.2 Å². The van der Waals surface area contributed by atoms with Crippen LogP contribution in [0.15, 0.2) is 72.9 Å². The Labute approximate surface area is 191 Å². The molecule has 1 aromatic heterocycles. The van der Waals surface area contributed by atoms with Crippen LogP contribution >= 0.6 is 24.8 Å². The Morgan fingerprint density at radius 1 is 0.833 bits per heavy atom. The third-order valence-corrected chi connectivity index (χ3v) is 6.11. The van der Waals surface area contributed by atoms with Crippen molar-refractivity contribution in [2.45, 2.75) is 19.1 Å². The van der Waals surface area contributed by atoms with Crippen LogP contribution in [0.25, 0.3) is 5.69 Å². The normalized spacial score (nSPS) is 20.9. The molecule has 160 valence electrons. The molecule has 0 amide bonds. The van der Waals surface area contributed by atoms with Crippen molar-refractivity contribution < 1.29 is 4.74 Å². The van der Waals surface area contributed by atoms with E-state index in [0.717, 1.165) is 32.7 Å². The van der Waals surface area contributed by atoms with Crippen LogP contribution in [-0.2, 0) is 16.9 Å². The van der Waals surface area contributed by atoms with E-state index < -0.39 is 0 Å². The molecular formula is C24H29Cl2N3O. The molecule has 0 spiro atoms. The van der Waals surface area contributed by atoms with Crippen LogP contribution in [-0.4, -0.2) is 42.2 Å². The van der Waals surface area contributed by atoms with Gasteiger partial charge in [-0.1, -0.05) is 36.4 Å². The molecule has 3 aromatic rings. The first-order chi connectivity index (χ1) is 13.7. The van der Waals surface area contributed by atoms with E-state index in [1.807, 2.05) is 0 Å². The zero-order valence-corrected chi connectivity index (χ0v) is 18.9. The lowest BCUT2D eigenvalue weighted by Crippen LogP contribution is -2.51. The summed E-state index contributed by atoms with van der Waals surface area (Å²) in [7, 11) is 0. The average molecular weight is 446 g/mol. The maximum Gasteiger partial charge on any atom is 0.119 e. The standard InChI is InChI=1S/C24H27N3O.2ClH/c1-24(19-25-14-16-26(17-15-25)21-9-3-2-4-10-21)23-12-7-13-27(23)22-11-6-5-8-20(22)18-28-24;;/h2-13H,14-19H2,1H3;2*1H. The summed E-state index contributed by atoms with van der Waals surface area (Å²) in [5.74, 6) is 0. The molecule has 2 aliphatic heterocycles. The fourth-order valence-corrected chi connectivity index (χ4v) is 4.56. The van der Waals surface area contributed by atoms with Gasteiger partial charge in [0, 0.05) is 50.2 Å². The molecule has 3 heterocycles. The lowest BCUT2D eigenvalue weighted by Gasteiger charge is -2.40. The summed E-state index contributed by atoms with van der Waals surface area (Å²) in [6, 6.07) is 23.6. The van der Waals surface area contributed by atoms with Gasteiger partial charge in [-0.2, -0.15) is 0 Å². The van der Waals surface area contributed by atoms with Crippen LogP contribution in [0.2, 0.25) is 0 Å². The third kappa shape index (κ3) is 4.23. The van der Waals surface area contributed by atoms with Gasteiger partial charge in [-0.05, 0) is 37.3 Å². The molecule has 30 heavy (non-hydrogen) atoms. The Kier molecular flexibility index (Phi) is 7.14. The van der Waals surface area contributed by atoms with Gasteiger partial charge in [0.1, 0.15) is 5.60 Å². The van der Waals surface area contributed by atoms with E-state index in [-0.39, 0.29) is 30.4 Å².